The Morgan fingerprint density at radius 1 is 0.941 bits per heavy atom. The lowest BCUT2D eigenvalue weighted by Gasteiger charge is -2.18. The van der Waals surface area contributed by atoms with Crippen LogP contribution in [-0.2, 0) is 10.0 Å². The molecule has 0 radical (unpaired) electrons. The fraction of sp³-hybridized carbons (Fsp3) is 0.208. The molecule has 4 rings (SSSR count). The molecular formula is C24H24N2O7S. The van der Waals surface area contributed by atoms with E-state index in [1.807, 2.05) is 6.92 Å². The third-order valence-electron chi connectivity index (χ3n) is 4.93. The molecule has 0 fully saturated rings. The van der Waals surface area contributed by atoms with Crippen LogP contribution >= 0.6 is 0 Å². The Labute approximate surface area is 197 Å². The van der Waals surface area contributed by atoms with Crippen LogP contribution in [0.3, 0.4) is 0 Å². The minimum Gasteiger partial charge on any atom is -0.495 e. The Balaban J connectivity index is 1.55. The van der Waals surface area contributed by atoms with E-state index in [0.29, 0.717) is 48.3 Å². The molecule has 2 N–H and O–H groups in total. The van der Waals surface area contributed by atoms with Gasteiger partial charge in [0.2, 0.25) is 0 Å². The smallest absolute Gasteiger partial charge is 0.265 e. The average Bonchev–Trinajstić information content (AvgIpc) is 2.85. The summed E-state index contributed by atoms with van der Waals surface area (Å²) in [5.74, 6) is 1.39. The minimum atomic E-state index is -4.02. The predicted molar refractivity (Wildman–Crippen MR) is 127 cm³/mol. The average molecular weight is 485 g/mol. The van der Waals surface area contributed by atoms with Crippen LogP contribution in [0.1, 0.15) is 17.3 Å². The molecule has 0 atom stereocenters. The van der Waals surface area contributed by atoms with Gasteiger partial charge in [0, 0.05) is 16.9 Å². The molecule has 1 aliphatic heterocycles. The van der Waals surface area contributed by atoms with Crippen molar-refractivity contribution in [3.05, 3.63) is 66.2 Å². The zero-order chi connectivity index (χ0) is 24.1. The zero-order valence-electron chi connectivity index (χ0n) is 18.7. The van der Waals surface area contributed by atoms with E-state index < -0.39 is 15.9 Å². The van der Waals surface area contributed by atoms with E-state index in [0.717, 1.165) is 0 Å². The Kier molecular flexibility index (Phi) is 6.78. The molecule has 34 heavy (non-hydrogen) atoms. The first-order valence-corrected chi connectivity index (χ1v) is 12.0. The van der Waals surface area contributed by atoms with Crippen LogP contribution in [-0.4, -0.2) is 41.3 Å². The summed E-state index contributed by atoms with van der Waals surface area (Å²) in [5, 5.41) is 2.71. The number of sulfonamides is 1. The van der Waals surface area contributed by atoms with E-state index in [2.05, 4.69) is 10.0 Å². The fourth-order valence-electron chi connectivity index (χ4n) is 3.35. The summed E-state index contributed by atoms with van der Waals surface area (Å²) < 4.78 is 50.3. The molecule has 0 saturated carbocycles. The van der Waals surface area contributed by atoms with Crippen LogP contribution in [0, 0.1) is 0 Å². The molecular weight excluding hydrogens is 460 g/mol. The highest BCUT2D eigenvalue weighted by molar-refractivity contribution is 7.92. The van der Waals surface area contributed by atoms with E-state index in [1.54, 1.807) is 48.5 Å². The number of amides is 1. The first kappa shape index (κ1) is 23.2. The number of fused-ring (bicyclic) bond motifs is 1. The molecule has 0 aromatic heterocycles. The summed E-state index contributed by atoms with van der Waals surface area (Å²) in [7, 11) is -2.65. The van der Waals surface area contributed by atoms with Crippen molar-refractivity contribution in [3.63, 3.8) is 0 Å². The quantitative estimate of drug-likeness (QED) is 0.498. The zero-order valence-corrected chi connectivity index (χ0v) is 19.5. The number of rotatable bonds is 8. The number of benzene rings is 3. The normalized spacial score (nSPS) is 12.5. The van der Waals surface area contributed by atoms with E-state index in [9.17, 15) is 13.2 Å². The molecule has 0 bridgehead atoms. The van der Waals surface area contributed by atoms with Gasteiger partial charge in [0.05, 0.1) is 13.7 Å². The molecule has 1 heterocycles. The lowest BCUT2D eigenvalue weighted by atomic mass is 10.1. The highest BCUT2D eigenvalue weighted by Gasteiger charge is 2.22. The maximum absolute atomic E-state index is 13.1. The molecule has 0 spiro atoms. The van der Waals surface area contributed by atoms with Crippen molar-refractivity contribution in [3.8, 4) is 23.0 Å². The van der Waals surface area contributed by atoms with Crippen LogP contribution in [0.25, 0.3) is 0 Å². The Morgan fingerprint density at radius 2 is 1.65 bits per heavy atom. The molecule has 1 aliphatic rings. The molecule has 0 aliphatic carbocycles. The van der Waals surface area contributed by atoms with Gasteiger partial charge in [0.25, 0.3) is 15.9 Å². The minimum absolute atomic E-state index is 0.121. The van der Waals surface area contributed by atoms with Gasteiger partial charge in [-0.2, -0.15) is 0 Å². The van der Waals surface area contributed by atoms with Crippen LogP contribution in [0.2, 0.25) is 0 Å². The standard InChI is InChI=1S/C24H24N2O7S/c1-3-31-19-8-5-17(6-9-19)26-34(28,29)23-15-18(7-11-21(23)30-2)25-24(27)16-4-10-20-22(14-16)33-13-12-32-20/h4-11,14-15,26H,3,12-13H2,1-2H3,(H,25,27). The van der Waals surface area contributed by atoms with Gasteiger partial charge in [-0.3, -0.25) is 9.52 Å². The number of ether oxygens (including phenoxy) is 4. The van der Waals surface area contributed by atoms with Gasteiger partial charge in [0.1, 0.15) is 29.6 Å². The van der Waals surface area contributed by atoms with E-state index in [1.165, 1.54) is 19.2 Å². The molecule has 0 saturated heterocycles. The summed E-state index contributed by atoms with van der Waals surface area (Å²) in [6, 6.07) is 15.8. The third-order valence-corrected chi connectivity index (χ3v) is 6.34. The maximum atomic E-state index is 13.1. The van der Waals surface area contributed by atoms with Gasteiger partial charge >= 0.3 is 0 Å². The van der Waals surface area contributed by atoms with Crippen molar-refractivity contribution in [2.45, 2.75) is 11.8 Å². The fourth-order valence-corrected chi connectivity index (χ4v) is 4.60. The van der Waals surface area contributed by atoms with Crippen molar-refractivity contribution < 1.29 is 32.2 Å². The number of carbonyl (C=O) groups excluding carboxylic acids is 1. The van der Waals surface area contributed by atoms with Gasteiger partial charge in [-0.25, -0.2) is 8.42 Å². The van der Waals surface area contributed by atoms with Crippen LogP contribution in [0.5, 0.6) is 23.0 Å². The molecule has 1 amide bonds. The molecule has 3 aromatic rings. The molecule has 178 valence electrons. The van der Waals surface area contributed by atoms with Crippen LogP contribution in [0.15, 0.2) is 65.6 Å². The monoisotopic (exact) mass is 484 g/mol. The maximum Gasteiger partial charge on any atom is 0.265 e. The van der Waals surface area contributed by atoms with E-state index in [-0.39, 0.29) is 16.3 Å². The summed E-state index contributed by atoms with van der Waals surface area (Å²) in [6.45, 7) is 3.22. The van der Waals surface area contributed by atoms with Gasteiger partial charge in [-0.15, -0.1) is 0 Å². The number of hydrogen-bond acceptors (Lipinski definition) is 7. The van der Waals surface area contributed by atoms with Crippen LogP contribution < -0.4 is 29.0 Å². The second-order valence-corrected chi connectivity index (χ2v) is 8.89. The van der Waals surface area contributed by atoms with Crippen LogP contribution in [0.4, 0.5) is 11.4 Å². The number of nitrogens with one attached hydrogen (secondary N) is 2. The lowest BCUT2D eigenvalue weighted by Crippen LogP contribution is -2.18. The van der Waals surface area contributed by atoms with Gasteiger partial charge in [0.15, 0.2) is 11.5 Å². The van der Waals surface area contributed by atoms with Crippen molar-refractivity contribution in [2.75, 3.05) is 37.0 Å². The van der Waals surface area contributed by atoms with Crippen molar-refractivity contribution >= 4 is 27.3 Å². The van der Waals surface area contributed by atoms with Crippen molar-refractivity contribution in [2.24, 2.45) is 0 Å². The van der Waals surface area contributed by atoms with Gasteiger partial charge in [-0.1, -0.05) is 0 Å². The molecule has 0 unspecified atom stereocenters. The predicted octanol–water partition coefficient (Wildman–Crippen LogP) is 3.92. The first-order valence-electron chi connectivity index (χ1n) is 10.5. The SMILES string of the molecule is CCOc1ccc(NS(=O)(=O)c2cc(NC(=O)c3ccc4c(c3)OCCO4)ccc2OC)cc1. The Bertz CT molecular complexity index is 1290. The van der Waals surface area contributed by atoms with Crippen molar-refractivity contribution in [1.82, 2.24) is 0 Å². The van der Waals surface area contributed by atoms with Crippen molar-refractivity contribution in [1.29, 1.82) is 0 Å². The number of carbonyl (C=O) groups is 1. The Morgan fingerprint density at radius 3 is 2.35 bits per heavy atom. The molecule has 9 nitrogen and oxygen atoms in total. The summed E-state index contributed by atoms with van der Waals surface area (Å²) in [6.07, 6.45) is 0. The topological polar surface area (TPSA) is 112 Å². The lowest BCUT2D eigenvalue weighted by molar-refractivity contribution is 0.102. The third kappa shape index (κ3) is 5.18. The van der Waals surface area contributed by atoms with E-state index >= 15 is 0 Å². The number of anilines is 2. The first-order chi connectivity index (χ1) is 16.4. The summed E-state index contributed by atoms with van der Waals surface area (Å²) >= 11 is 0. The molecule has 3 aromatic carbocycles. The summed E-state index contributed by atoms with van der Waals surface area (Å²) in [4.78, 5) is 12.7. The number of hydrogen-bond donors (Lipinski definition) is 2. The van der Waals surface area contributed by atoms with Gasteiger partial charge < -0.3 is 24.3 Å². The number of methoxy groups -OCH3 is 1. The second-order valence-electron chi connectivity index (χ2n) is 7.24. The largest absolute Gasteiger partial charge is 0.495 e. The summed E-state index contributed by atoms with van der Waals surface area (Å²) in [5.41, 5.74) is 0.987. The highest BCUT2D eigenvalue weighted by Crippen LogP contribution is 2.32. The van der Waals surface area contributed by atoms with E-state index in [4.69, 9.17) is 18.9 Å². The highest BCUT2D eigenvalue weighted by atomic mass is 32.2. The Hall–Kier alpha value is -3.92. The van der Waals surface area contributed by atoms with Gasteiger partial charge in [-0.05, 0) is 67.6 Å². The molecule has 10 heteroatoms. The second kappa shape index (κ2) is 9.92.